The molecule has 0 N–H and O–H groups in total. The lowest BCUT2D eigenvalue weighted by Crippen LogP contribution is -2.45. The van der Waals surface area contributed by atoms with E-state index < -0.39 is 5.54 Å². The molecule has 40 heavy (non-hydrogen) atoms. The number of nitrogens with zero attached hydrogens (tertiary/aromatic N) is 3. The maximum absolute atomic E-state index is 14.5. The standard InChI is InChI=1S/C34H33N3O2S/c38-32-34(27-12-3-1-4-13-27,28-14-5-2-6-15-28)35-31(30-17-9-24-40-30)37(32)21-10-20-36-22-18-33(19-23-36)29-16-8-7-11-26(29)25-39-33/h1-9,11-17,24H,10,18-23,25H2. The number of amides is 1. The third-order valence-electron chi connectivity index (χ3n) is 8.74. The first kappa shape index (κ1) is 25.4. The molecule has 0 bridgehead atoms. The Labute approximate surface area is 239 Å². The fourth-order valence-corrected chi connectivity index (χ4v) is 7.37. The normalized spacial score (nSPS) is 19.6. The Kier molecular flexibility index (Phi) is 6.62. The van der Waals surface area contributed by atoms with E-state index in [1.807, 2.05) is 71.6 Å². The number of hydrogen-bond acceptors (Lipinski definition) is 5. The van der Waals surface area contributed by atoms with E-state index in [0.717, 1.165) is 67.3 Å². The second-order valence-corrected chi connectivity index (χ2v) is 11.9. The number of benzene rings is 3. The van der Waals surface area contributed by atoms with Crippen molar-refractivity contribution < 1.29 is 9.53 Å². The van der Waals surface area contributed by atoms with Crippen LogP contribution in [0.5, 0.6) is 0 Å². The highest BCUT2D eigenvalue weighted by Crippen LogP contribution is 2.44. The van der Waals surface area contributed by atoms with E-state index >= 15 is 0 Å². The Hall–Kier alpha value is -3.58. The number of fused-ring (bicyclic) bond motifs is 2. The Morgan fingerprint density at radius 3 is 2.15 bits per heavy atom. The van der Waals surface area contributed by atoms with Crippen LogP contribution in [0.25, 0.3) is 0 Å². The Bertz CT molecular complexity index is 1470. The quantitative estimate of drug-likeness (QED) is 0.277. The fourth-order valence-electron chi connectivity index (χ4n) is 6.65. The van der Waals surface area contributed by atoms with E-state index in [1.54, 1.807) is 11.3 Å². The van der Waals surface area contributed by atoms with E-state index in [2.05, 4.69) is 40.6 Å². The number of piperidine rings is 1. The van der Waals surface area contributed by atoms with Crippen LogP contribution >= 0.6 is 11.3 Å². The predicted molar refractivity (Wildman–Crippen MR) is 159 cm³/mol. The topological polar surface area (TPSA) is 45.1 Å². The van der Waals surface area contributed by atoms with Gasteiger partial charge in [-0.05, 0) is 59.5 Å². The minimum Gasteiger partial charge on any atom is -0.365 e. The number of aliphatic imine (C=N–C) groups is 1. The summed E-state index contributed by atoms with van der Waals surface area (Å²) in [4.78, 5) is 25.3. The zero-order valence-corrected chi connectivity index (χ0v) is 23.4. The average molecular weight is 548 g/mol. The number of carbonyl (C=O) groups excluding carboxylic acids is 1. The Morgan fingerprint density at radius 1 is 0.800 bits per heavy atom. The van der Waals surface area contributed by atoms with Crippen molar-refractivity contribution in [3.05, 3.63) is 130 Å². The number of amidine groups is 1. The van der Waals surface area contributed by atoms with Gasteiger partial charge < -0.3 is 9.64 Å². The molecule has 0 unspecified atom stereocenters. The van der Waals surface area contributed by atoms with E-state index in [4.69, 9.17) is 9.73 Å². The van der Waals surface area contributed by atoms with E-state index in [9.17, 15) is 4.79 Å². The van der Waals surface area contributed by atoms with E-state index in [1.165, 1.54) is 11.1 Å². The molecule has 1 spiro atoms. The highest BCUT2D eigenvalue weighted by Gasteiger charge is 2.51. The Morgan fingerprint density at radius 2 is 1.48 bits per heavy atom. The van der Waals surface area contributed by atoms with Gasteiger partial charge in [0.1, 0.15) is 5.84 Å². The summed E-state index contributed by atoms with van der Waals surface area (Å²) in [7, 11) is 0. The molecule has 1 fully saturated rings. The molecule has 4 heterocycles. The van der Waals surface area contributed by atoms with Crippen LogP contribution in [0.15, 0.2) is 107 Å². The van der Waals surface area contributed by atoms with Crippen molar-refractivity contribution in [2.24, 2.45) is 4.99 Å². The number of thiophene rings is 1. The van der Waals surface area contributed by atoms with Crippen LogP contribution in [0.1, 0.15) is 46.4 Å². The summed E-state index contributed by atoms with van der Waals surface area (Å²) < 4.78 is 6.37. The molecule has 0 atom stereocenters. The molecule has 5 nitrogen and oxygen atoms in total. The number of rotatable bonds is 7. The van der Waals surface area contributed by atoms with Crippen LogP contribution in [-0.2, 0) is 27.3 Å². The van der Waals surface area contributed by atoms with Gasteiger partial charge in [-0.1, -0.05) is 91.0 Å². The number of likely N-dealkylation sites (tertiary alicyclic amines) is 1. The van der Waals surface area contributed by atoms with Crippen molar-refractivity contribution in [1.82, 2.24) is 9.80 Å². The monoisotopic (exact) mass is 547 g/mol. The van der Waals surface area contributed by atoms with Gasteiger partial charge in [0.2, 0.25) is 0 Å². The maximum atomic E-state index is 14.5. The highest BCUT2D eigenvalue weighted by molar-refractivity contribution is 7.12. The second-order valence-electron chi connectivity index (χ2n) is 10.9. The molecule has 1 amide bonds. The number of ether oxygens (including phenoxy) is 1. The average Bonchev–Trinajstić information content (AvgIpc) is 3.74. The summed E-state index contributed by atoms with van der Waals surface area (Å²) in [6, 6.07) is 32.8. The molecule has 1 saturated heterocycles. The molecule has 4 aromatic rings. The van der Waals surface area contributed by atoms with Crippen molar-refractivity contribution in [2.75, 3.05) is 26.2 Å². The first-order valence-electron chi connectivity index (χ1n) is 14.2. The molecule has 1 aromatic heterocycles. The molecular formula is C34H33N3O2S. The molecule has 0 radical (unpaired) electrons. The van der Waals surface area contributed by atoms with Crippen molar-refractivity contribution in [2.45, 2.75) is 37.0 Å². The summed E-state index contributed by atoms with van der Waals surface area (Å²) in [5, 5.41) is 2.05. The van der Waals surface area contributed by atoms with Crippen LogP contribution in [0.4, 0.5) is 0 Å². The van der Waals surface area contributed by atoms with E-state index in [0.29, 0.717) is 6.54 Å². The van der Waals surface area contributed by atoms with Gasteiger partial charge in [0, 0.05) is 19.6 Å². The summed E-state index contributed by atoms with van der Waals surface area (Å²) in [5.74, 6) is 0.808. The number of hydrogen-bond donors (Lipinski definition) is 0. The molecule has 202 valence electrons. The Balaban J connectivity index is 1.10. The molecule has 0 aliphatic carbocycles. The molecular weight excluding hydrogens is 514 g/mol. The van der Waals surface area contributed by atoms with Gasteiger partial charge in [0.25, 0.3) is 5.91 Å². The minimum absolute atomic E-state index is 0.0295. The van der Waals surface area contributed by atoms with Crippen LogP contribution < -0.4 is 0 Å². The molecule has 3 aliphatic rings. The predicted octanol–water partition coefficient (Wildman–Crippen LogP) is 6.19. The van der Waals surface area contributed by atoms with Gasteiger partial charge in [-0.3, -0.25) is 9.69 Å². The van der Waals surface area contributed by atoms with Crippen LogP contribution in [-0.4, -0.2) is 47.7 Å². The molecule has 3 aliphatic heterocycles. The summed E-state index contributed by atoms with van der Waals surface area (Å²) in [6.07, 6.45) is 2.92. The maximum Gasteiger partial charge on any atom is 0.265 e. The largest absolute Gasteiger partial charge is 0.365 e. The van der Waals surface area contributed by atoms with Gasteiger partial charge >= 0.3 is 0 Å². The highest BCUT2D eigenvalue weighted by atomic mass is 32.1. The van der Waals surface area contributed by atoms with Gasteiger partial charge in [0.05, 0.1) is 17.1 Å². The van der Waals surface area contributed by atoms with Crippen molar-refractivity contribution in [3.63, 3.8) is 0 Å². The zero-order chi connectivity index (χ0) is 27.0. The summed E-state index contributed by atoms with van der Waals surface area (Å²) in [5.41, 5.74) is 3.33. The van der Waals surface area contributed by atoms with Crippen LogP contribution in [0, 0.1) is 0 Å². The van der Waals surface area contributed by atoms with Crippen LogP contribution in [0.3, 0.4) is 0 Å². The summed E-state index contributed by atoms with van der Waals surface area (Å²) >= 11 is 1.63. The lowest BCUT2D eigenvalue weighted by Gasteiger charge is -2.39. The van der Waals surface area contributed by atoms with Gasteiger partial charge in [-0.2, -0.15) is 0 Å². The lowest BCUT2D eigenvalue weighted by molar-refractivity contribution is -0.130. The number of carbonyl (C=O) groups is 1. The first-order chi connectivity index (χ1) is 19.7. The van der Waals surface area contributed by atoms with Crippen molar-refractivity contribution >= 4 is 23.1 Å². The third-order valence-corrected chi connectivity index (χ3v) is 9.61. The molecule has 7 rings (SSSR count). The molecule has 3 aromatic carbocycles. The van der Waals surface area contributed by atoms with Crippen LogP contribution in [0.2, 0.25) is 0 Å². The van der Waals surface area contributed by atoms with Crippen molar-refractivity contribution in [1.29, 1.82) is 0 Å². The SMILES string of the molecule is O=C1N(CCCN2CCC3(CC2)OCc2ccccc23)C(c2cccs2)=NC1(c1ccccc1)c1ccccc1. The van der Waals surface area contributed by atoms with Gasteiger partial charge in [0.15, 0.2) is 5.54 Å². The smallest absolute Gasteiger partial charge is 0.265 e. The minimum atomic E-state index is -1.08. The first-order valence-corrected chi connectivity index (χ1v) is 15.1. The molecule has 6 heteroatoms. The fraction of sp³-hybridized carbons (Fsp3) is 0.294. The second kappa shape index (κ2) is 10.4. The zero-order valence-electron chi connectivity index (χ0n) is 22.5. The van der Waals surface area contributed by atoms with Gasteiger partial charge in [-0.25, -0.2) is 4.99 Å². The van der Waals surface area contributed by atoms with Crippen molar-refractivity contribution in [3.8, 4) is 0 Å². The summed E-state index contributed by atoms with van der Waals surface area (Å²) in [6.45, 7) is 4.32. The third kappa shape index (κ3) is 4.22. The lowest BCUT2D eigenvalue weighted by atomic mass is 9.83. The van der Waals surface area contributed by atoms with Gasteiger partial charge in [-0.15, -0.1) is 11.3 Å². The van der Waals surface area contributed by atoms with E-state index in [-0.39, 0.29) is 11.5 Å². The molecule has 0 saturated carbocycles.